The number of nitrogens with zero attached hydrogens (tertiary/aromatic N) is 1. The summed E-state index contributed by atoms with van der Waals surface area (Å²) in [5, 5.41) is 1.16. The lowest BCUT2D eigenvalue weighted by Crippen LogP contribution is -2.17. The van der Waals surface area contributed by atoms with Gasteiger partial charge in [-0.15, -0.1) is 0 Å². The molecule has 2 rings (SSSR count). The summed E-state index contributed by atoms with van der Waals surface area (Å²) in [5.41, 5.74) is 7.85. The third kappa shape index (κ3) is 3.15. The second kappa shape index (κ2) is 5.89. The number of para-hydroxylation sites is 1. The molecule has 0 radical (unpaired) electrons. The molecular formula is C15H20N2O2. The minimum absolute atomic E-state index is 0.0853. The molecule has 19 heavy (non-hydrogen) atoms. The number of carbonyl (C=O) groups is 1. The summed E-state index contributed by atoms with van der Waals surface area (Å²) in [5.74, 6) is -0.213. The first kappa shape index (κ1) is 13.6. The second-order valence-corrected chi connectivity index (χ2v) is 4.88. The van der Waals surface area contributed by atoms with Crippen LogP contribution in [0.2, 0.25) is 0 Å². The topological polar surface area (TPSA) is 57.2 Å². The Morgan fingerprint density at radius 3 is 2.79 bits per heavy atom. The summed E-state index contributed by atoms with van der Waals surface area (Å²) < 4.78 is 7.12. The van der Waals surface area contributed by atoms with Gasteiger partial charge >= 0.3 is 5.97 Å². The van der Waals surface area contributed by atoms with Gasteiger partial charge in [0.2, 0.25) is 0 Å². The Morgan fingerprint density at radius 2 is 2.11 bits per heavy atom. The van der Waals surface area contributed by atoms with Crippen molar-refractivity contribution in [3.63, 3.8) is 0 Å². The van der Waals surface area contributed by atoms with Gasteiger partial charge in [-0.3, -0.25) is 4.79 Å². The summed E-state index contributed by atoms with van der Waals surface area (Å²) in [6, 6.07) is 8.04. The molecule has 102 valence electrons. The Kier molecular flexibility index (Phi) is 4.22. The molecule has 1 heterocycles. The molecule has 0 atom stereocenters. The van der Waals surface area contributed by atoms with Gasteiger partial charge < -0.3 is 15.0 Å². The van der Waals surface area contributed by atoms with Crippen LogP contribution in [0.4, 0.5) is 0 Å². The fourth-order valence-corrected chi connectivity index (χ4v) is 2.25. The van der Waals surface area contributed by atoms with Gasteiger partial charge in [-0.05, 0) is 38.4 Å². The Morgan fingerprint density at radius 1 is 1.37 bits per heavy atom. The van der Waals surface area contributed by atoms with Gasteiger partial charge in [0.15, 0.2) is 0 Å². The van der Waals surface area contributed by atoms with Crippen molar-refractivity contribution in [3.05, 3.63) is 36.0 Å². The molecule has 2 N–H and O–H groups in total. The van der Waals surface area contributed by atoms with Crippen LogP contribution in [-0.2, 0) is 22.5 Å². The van der Waals surface area contributed by atoms with Crippen LogP contribution in [0.1, 0.15) is 19.4 Å². The lowest BCUT2D eigenvalue weighted by atomic mass is 10.1. The molecule has 2 aromatic rings. The van der Waals surface area contributed by atoms with Gasteiger partial charge in [-0.25, -0.2) is 0 Å². The van der Waals surface area contributed by atoms with E-state index in [4.69, 9.17) is 10.5 Å². The van der Waals surface area contributed by atoms with Crippen molar-refractivity contribution in [1.29, 1.82) is 0 Å². The van der Waals surface area contributed by atoms with Crippen LogP contribution in [0.25, 0.3) is 10.9 Å². The highest BCUT2D eigenvalue weighted by atomic mass is 16.5. The number of hydrogen-bond acceptors (Lipinski definition) is 3. The molecule has 1 aromatic heterocycles. The highest BCUT2D eigenvalue weighted by Crippen LogP contribution is 2.21. The lowest BCUT2D eigenvalue weighted by molar-refractivity contribution is -0.148. The van der Waals surface area contributed by atoms with Crippen molar-refractivity contribution < 1.29 is 9.53 Å². The summed E-state index contributed by atoms with van der Waals surface area (Å²) in [6.07, 6.45) is 2.73. The van der Waals surface area contributed by atoms with E-state index in [2.05, 4.69) is 6.07 Å². The van der Waals surface area contributed by atoms with E-state index in [0.717, 1.165) is 17.3 Å². The first-order valence-electron chi connectivity index (χ1n) is 6.58. The normalized spacial score (nSPS) is 11.2. The average Bonchev–Trinajstić information content (AvgIpc) is 2.68. The first-order chi connectivity index (χ1) is 9.11. The Balaban J connectivity index is 2.30. The average molecular weight is 260 g/mol. The molecule has 0 aliphatic heterocycles. The molecule has 0 bridgehead atoms. The molecule has 0 saturated heterocycles. The standard InChI is InChI=1S/C15H20N2O2/c1-11(2)19-15(18)10-17-9-12(7-8-16)13-5-3-4-6-14(13)17/h3-6,9,11H,7-8,10,16H2,1-2H3. The van der Waals surface area contributed by atoms with Crippen molar-refractivity contribution in [3.8, 4) is 0 Å². The van der Waals surface area contributed by atoms with Crippen LogP contribution in [0.5, 0.6) is 0 Å². The fourth-order valence-electron chi connectivity index (χ4n) is 2.25. The highest BCUT2D eigenvalue weighted by Gasteiger charge is 2.11. The molecule has 0 aliphatic carbocycles. The van der Waals surface area contributed by atoms with E-state index in [1.54, 1.807) is 0 Å². The zero-order valence-corrected chi connectivity index (χ0v) is 11.4. The third-order valence-corrected chi connectivity index (χ3v) is 2.95. The van der Waals surface area contributed by atoms with Gasteiger partial charge in [0.05, 0.1) is 6.10 Å². The number of fused-ring (bicyclic) bond motifs is 1. The van der Waals surface area contributed by atoms with Gasteiger partial charge in [0.25, 0.3) is 0 Å². The third-order valence-electron chi connectivity index (χ3n) is 2.95. The first-order valence-corrected chi connectivity index (χ1v) is 6.58. The monoisotopic (exact) mass is 260 g/mol. The molecule has 0 amide bonds. The Labute approximate surface area is 113 Å². The lowest BCUT2D eigenvalue weighted by Gasteiger charge is -2.09. The zero-order chi connectivity index (χ0) is 13.8. The van der Waals surface area contributed by atoms with Gasteiger partial charge in [0, 0.05) is 17.1 Å². The number of ether oxygens (including phenoxy) is 1. The molecule has 0 unspecified atom stereocenters. The number of esters is 1. The van der Waals surface area contributed by atoms with Crippen LogP contribution < -0.4 is 5.73 Å². The van der Waals surface area contributed by atoms with E-state index in [1.807, 2.05) is 42.8 Å². The number of hydrogen-bond donors (Lipinski definition) is 1. The largest absolute Gasteiger partial charge is 0.462 e. The van der Waals surface area contributed by atoms with Crippen LogP contribution in [0.3, 0.4) is 0 Å². The quantitative estimate of drug-likeness (QED) is 0.837. The van der Waals surface area contributed by atoms with E-state index < -0.39 is 0 Å². The molecule has 4 nitrogen and oxygen atoms in total. The zero-order valence-electron chi connectivity index (χ0n) is 11.4. The SMILES string of the molecule is CC(C)OC(=O)Cn1cc(CCN)c2ccccc21. The summed E-state index contributed by atoms with van der Waals surface area (Å²) in [6.45, 7) is 4.55. The molecule has 1 aromatic carbocycles. The van der Waals surface area contributed by atoms with Crippen molar-refractivity contribution in [2.45, 2.75) is 32.9 Å². The molecule has 0 fully saturated rings. The fraction of sp³-hybridized carbons (Fsp3) is 0.400. The predicted octanol–water partition coefficient (Wildman–Crippen LogP) is 2.09. The van der Waals surface area contributed by atoms with Crippen LogP contribution in [-0.4, -0.2) is 23.2 Å². The molecule has 0 aliphatic rings. The second-order valence-electron chi connectivity index (χ2n) is 4.88. The summed E-state index contributed by atoms with van der Waals surface area (Å²) >= 11 is 0. The van der Waals surface area contributed by atoms with E-state index in [0.29, 0.717) is 6.54 Å². The smallest absolute Gasteiger partial charge is 0.326 e. The maximum atomic E-state index is 11.8. The minimum atomic E-state index is -0.213. The van der Waals surface area contributed by atoms with Gasteiger partial charge in [-0.2, -0.15) is 0 Å². The summed E-state index contributed by atoms with van der Waals surface area (Å²) in [7, 11) is 0. The van der Waals surface area contributed by atoms with Crippen LogP contribution >= 0.6 is 0 Å². The van der Waals surface area contributed by atoms with Crippen molar-refractivity contribution in [2.75, 3.05) is 6.54 Å². The van der Waals surface area contributed by atoms with Crippen LogP contribution in [0.15, 0.2) is 30.5 Å². The number of benzene rings is 1. The molecule has 0 spiro atoms. The van der Waals surface area contributed by atoms with Crippen molar-refractivity contribution in [2.24, 2.45) is 5.73 Å². The van der Waals surface area contributed by atoms with Gasteiger partial charge in [-0.1, -0.05) is 18.2 Å². The number of nitrogens with two attached hydrogens (primary N) is 1. The maximum Gasteiger partial charge on any atom is 0.326 e. The number of aromatic nitrogens is 1. The van der Waals surface area contributed by atoms with Gasteiger partial charge in [0.1, 0.15) is 6.54 Å². The summed E-state index contributed by atoms with van der Waals surface area (Å²) in [4.78, 5) is 11.8. The highest BCUT2D eigenvalue weighted by molar-refractivity contribution is 5.85. The Hall–Kier alpha value is -1.81. The van der Waals surface area contributed by atoms with Crippen molar-refractivity contribution in [1.82, 2.24) is 4.57 Å². The number of rotatable bonds is 5. The Bertz CT molecular complexity index is 573. The van der Waals surface area contributed by atoms with E-state index in [-0.39, 0.29) is 18.6 Å². The van der Waals surface area contributed by atoms with E-state index >= 15 is 0 Å². The molecule has 0 saturated carbocycles. The van der Waals surface area contributed by atoms with E-state index in [9.17, 15) is 4.79 Å². The van der Waals surface area contributed by atoms with E-state index in [1.165, 1.54) is 5.56 Å². The number of carbonyl (C=O) groups excluding carboxylic acids is 1. The predicted molar refractivity (Wildman–Crippen MR) is 75.9 cm³/mol. The maximum absolute atomic E-state index is 11.8. The molecule has 4 heteroatoms. The minimum Gasteiger partial charge on any atom is -0.462 e. The molecular weight excluding hydrogens is 240 g/mol. The van der Waals surface area contributed by atoms with Crippen LogP contribution in [0, 0.1) is 0 Å². The van der Waals surface area contributed by atoms with Crippen molar-refractivity contribution >= 4 is 16.9 Å².